The number of nitrogens with zero attached hydrogens (tertiary/aromatic N) is 3. The van der Waals surface area contributed by atoms with Gasteiger partial charge in [-0.3, -0.25) is 19.3 Å². The maximum Gasteiger partial charge on any atom is 0.296 e. The molecular weight excluding hydrogens is 462 g/mol. The summed E-state index contributed by atoms with van der Waals surface area (Å²) in [6.45, 7) is 5.41. The van der Waals surface area contributed by atoms with Gasteiger partial charge < -0.3 is 24.4 Å². The number of hydrogen-bond acceptors (Lipinski definition) is 7. The summed E-state index contributed by atoms with van der Waals surface area (Å²) in [6.07, 6.45) is 0. The van der Waals surface area contributed by atoms with Gasteiger partial charge in [0.05, 0.1) is 31.6 Å². The molecular formula is C27H29N3O6. The number of likely N-dealkylation sites (tertiary alicyclic amines) is 1. The highest BCUT2D eigenvalue weighted by Crippen LogP contribution is 2.53. The summed E-state index contributed by atoms with van der Waals surface area (Å²) in [6, 6.07) is 13.7. The van der Waals surface area contributed by atoms with E-state index in [-0.39, 0.29) is 17.9 Å². The van der Waals surface area contributed by atoms with Crippen molar-refractivity contribution in [2.75, 3.05) is 57.9 Å². The predicted octanol–water partition coefficient (Wildman–Crippen LogP) is 1.97. The molecule has 3 aliphatic rings. The lowest BCUT2D eigenvalue weighted by Crippen LogP contribution is -2.54. The lowest BCUT2D eigenvalue weighted by atomic mass is 9.82. The molecule has 188 valence electrons. The van der Waals surface area contributed by atoms with Crippen molar-refractivity contribution >= 4 is 29.0 Å². The molecule has 2 aromatic carbocycles. The molecule has 1 unspecified atom stereocenters. The first-order chi connectivity index (χ1) is 17.4. The smallest absolute Gasteiger partial charge is 0.296 e. The number of rotatable bonds is 6. The Morgan fingerprint density at radius 1 is 1.03 bits per heavy atom. The molecule has 2 aromatic rings. The van der Waals surface area contributed by atoms with E-state index >= 15 is 0 Å². The van der Waals surface area contributed by atoms with E-state index in [9.17, 15) is 19.5 Å². The zero-order valence-corrected chi connectivity index (χ0v) is 20.4. The topological polar surface area (TPSA) is 99.6 Å². The van der Waals surface area contributed by atoms with Crippen LogP contribution in [0.5, 0.6) is 5.75 Å². The Labute approximate surface area is 209 Å². The second kappa shape index (κ2) is 9.40. The van der Waals surface area contributed by atoms with E-state index in [0.29, 0.717) is 62.0 Å². The molecule has 2 saturated heterocycles. The lowest BCUT2D eigenvalue weighted by molar-refractivity contribution is -0.144. The predicted molar refractivity (Wildman–Crippen MR) is 133 cm³/mol. The van der Waals surface area contributed by atoms with Gasteiger partial charge in [-0.2, -0.15) is 0 Å². The van der Waals surface area contributed by atoms with Gasteiger partial charge in [-0.05, 0) is 37.3 Å². The maximum absolute atomic E-state index is 14.2. The molecule has 1 atom stereocenters. The molecule has 3 aliphatic heterocycles. The van der Waals surface area contributed by atoms with Crippen LogP contribution in [0.2, 0.25) is 0 Å². The van der Waals surface area contributed by atoms with Crippen LogP contribution in [0.4, 0.5) is 5.69 Å². The third-order valence-electron chi connectivity index (χ3n) is 7.23. The number of ketones is 1. The van der Waals surface area contributed by atoms with Crippen molar-refractivity contribution in [1.29, 1.82) is 0 Å². The Hall–Kier alpha value is -3.69. The molecule has 1 N–H and O–H groups in total. The summed E-state index contributed by atoms with van der Waals surface area (Å²) >= 11 is 0. The number of aliphatic hydroxyl groups is 1. The number of anilines is 1. The maximum atomic E-state index is 14.2. The standard InChI is InChI=1S/C27H29N3O6/c1-3-29-21-7-5-4-6-20(21)27(26(29)34)22(23(31)18-8-10-19(35-2)11-9-18)24(32)25(33)30(27)13-12-28-14-16-36-17-15-28/h4-11,31H,3,12-17H2,1-2H3/b23-22+. The highest BCUT2D eigenvalue weighted by Gasteiger charge is 2.66. The van der Waals surface area contributed by atoms with Crippen LogP contribution in [0, 0.1) is 0 Å². The second-order valence-corrected chi connectivity index (χ2v) is 8.97. The number of hydrogen-bond donors (Lipinski definition) is 1. The Morgan fingerprint density at radius 3 is 2.39 bits per heavy atom. The van der Waals surface area contributed by atoms with Gasteiger partial charge in [-0.1, -0.05) is 18.2 Å². The van der Waals surface area contributed by atoms with Crippen LogP contribution in [-0.4, -0.2) is 85.6 Å². The number of benzene rings is 2. The molecule has 0 bridgehead atoms. The number of likely N-dealkylation sites (N-methyl/N-ethyl adjacent to an activating group) is 1. The highest BCUT2D eigenvalue weighted by atomic mass is 16.5. The number of fused-ring (bicyclic) bond motifs is 2. The van der Waals surface area contributed by atoms with Crippen LogP contribution in [0.1, 0.15) is 18.1 Å². The number of carbonyl (C=O) groups excluding carboxylic acids is 3. The van der Waals surface area contributed by atoms with E-state index in [1.165, 1.54) is 12.0 Å². The average molecular weight is 492 g/mol. The number of carbonyl (C=O) groups is 3. The van der Waals surface area contributed by atoms with Crippen LogP contribution in [0.25, 0.3) is 5.76 Å². The largest absolute Gasteiger partial charge is 0.507 e. The van der Waals surface area contributed by atoms with Gasteiger partial charge in [0, 0.05) is 43.9 Å². The summed E-state index contributed by atoms with van der Waals surface area (Å²) in [7, 11) is 1.53. The Balaban J connectivity index is 1.69. The van der Waals surface area contributed by atoms with Crippen molar-refractivity contribution in [3.63, 3.8) is 0 Å². The van der Waals surface area contributed by atoms with Crippen molar-refractivity contribution in [3.05, 3.63) is 65.2 Å². The molecule has 3 heterocycles. The first-order valence-electron chi connectivity index (χ1n) is 12.1. The normalized spacial score (nSPS) is 23.6. The Kier molecular flexibility index (Phi) is 6.27. The van der Waals surface area contributed by atoms with Gasteiger partial charge in [0.2, 0.25) is 0 Å². The quantitative estimate of drug-likeness (QED) is 0.375. The summed E-state index contributed by atoms with van der Waals surface area (Å²) in [5.41, 5.74) is -0.469. The average Bonchev–Trinajstić information content (AvgIpc) is 3.30. The second-order valence-electron chi connectivity index (χ2n) is 8.97. The van der Waals surface area contributed by atoms with E-state index in [4.69, 9.17) is 9.47 Å². The van der Waals surface area contributed by atoms with Crippen molar-refractivity contribution in [2.45, 2.75) is 12.5 Å². The fourth-order valence-corrected chi connectivity index (χ4v) is 5.44. The van der Waals surface area contributed by atoms with Crippen LogP contribution in [0.3, 0.4) is 0 Å². The molecule has 2 fully saturated rings. The number of methoxy groups -OCH3 is 1. The molecule has 9 heteroatoms. The molecule has 5 rings (SSSR count). The third-order valence-corrected chi connectivity index (χ3v) is 7.23. The fourth-order valence-electron chi connectivity index (χ4n) is 5.44. The molecule has 1 spiro atoms. The van der Waals surface area contributed by atoms with E-state index in [2.05, 4.69) is 4.90 Å². The summed E-state index contributed by atoms with van der Waals surface area (Å²) in [4.78, 5) is 46.4. The number of amides is 2. The Bertz CT molecular complexity index is 1230. The molecule has 2 amide bonds. The van der Waals surface area contributed by atoms with Crippen LogP contribution < -0.4 is 9.64 Å². The van der Waals surface area contributed by atoms with E-state index in [0.717, 1.165) is 0 Å². The van der Waals surface area contributed by atoms with E-state index < -0.39 is 23.1 Å². The van der Waals surface area contributed by atoms with Crippen molar-refractivity contribution in [2.24, 2.45) is 0 Å². The number of ether oxygens (including phenoxy) is 2. The summed E-state index contributed by atoms with van der Waals surface area (Å²) in [5, 5.41) is 11.5. The first-order valence-corrected chi connectivity index (χ1v) is 12.1. The number of aliphatic hydroxyl groups excluding tert-OH is 1. The number of para-hydroxylation sites is 1. The van der Waals surface area contributed by atoms with Crippen molar-refractivity contribution < 1.29 is 29.0 Å². The monoisotopic (exact) mass is 491 g/mol. The molecule has 9 nitrogen and oxygen atoms in total. The van der Waals surface area contributed by atoms with Crippen molar-refractivity contribution in [1.82, 2.24) is 9.80 Å². The lowest BCUT2D eigenvalue weighted by Gasteiger charge is -2.36. The van der Waals surface area contributed by atoms with Crippen LogP contribution in [0.15, 0.2) is 54.1 Å². The van der Waals surface area contributed by atoms with Gasteiger partial charge in [-0.15, -0.1) is 0 Å². The summed E-state index contributed by atoms with van der Waals surface area (Å²) < 4.78 is 10.6. The third kappa shape index (κ3) is 3.50. The zero-order chi connectivity index (χ0) is 25.4. The highest BCUT2D eigenvalue weighted by molar-refractivity contribution is 6.50. The van der Waals surface area contributed by atoms with E-state index in [1.54, 1.807) is 47.4 Å². The minimum Gasteiger partial charge on any atom is -0.507 e. The van der Waals surface area contributed by atoms with Gasteiger partial charge in [-0.25, -0.2) is 0 Å². The first kappa shape index (κ1) is 24.0. The number of morpholine rings is 1. The van der Waals surface area contributed by atoms with Gasteiger partial charge in [0.15, 0.2) is 5.54 Å². The minimum absolute atomic E-state index is 0.154. The van der Waals surface area contributed by atoms with Crippen LogP contribution in [-0.2, 0) is 24.7 Å². The molecule has 0 saturated carbocycles. The zero-order valence-electron chi connectivity index (χ0n) is 20.4. The Morgan fingerprint density at radius 2 is 1.72 bits per heavy atom. The fraction of sp³-hybridized carbons (Fsp3) is 0.370. The molecule has 0 aromatic heterocycles. The molecule has 0 aliphatic carbocycles. The van der Waals surface area contributed by atoms with Crippen LogP contribution >= 0.6 is 0 Å². The minimum atomic E-state index is -1.74. The molecule has 36 heavy (non-hydrogen) atoms. The SMILES string of the molecule is CCN1C(=O)C2(/C(=C(/O)c3ccc(OC)cc3)C(=O)C(=O)N2CCN2CCOCC2)c2ccccc21. The summed E-state index contributed by atoms with van der Waals surface area (Å²) in [5.74, 6) is -1.88. The number of Topliss-reactive ketones (excluding diaryl/α,β-unsaturated/α-hetero) is 1. The van der Waals surface area contributed by atoms with Gasteiger partial charge in [0.25, 0.3) is 17.6 Å². The van der Waals surface area contributed by atoms with Gasteiger partial charge >= 0.3 is 0 Å². The molecule has 0 radical (unpaired) electrons. The van der Waals surface area contributed by atoms with Gasteiger partial charge in [0.1, 0.15) is 11.5 Å². The van der Waals surface area contributed by atoms with Crippen molar-refractivity contribution in [3.8, 4) is 5.75 Å². The van der Waals surface area contributed by atoms with E-state index in [1.807, 2.05) is 13.0 Å².